The van der Waals surface area contributed by atoms with Crippen molar-refractivity contribution < 1.29 is 27.1 Å². The monoisotopic (exact) mass is 523 g/mol. The first-order chi connectivity index (χ1) is 16.7. The minimum absolute atomic E-state index is 0.0943. The molecule has 180 valence electrons. The van der Waals surface area contributed by atoms with Crippen molar-refractivity contribution in [1.82, 2.24) is 9.78 Å². The molecular weight excluding hydrogens is 509 g/mol. The Balaban J connectivity index is 1.40. The fourth-order valence-electron chi connectivity index (χ4n) is 3.13. The molecule has 1 amide bonds. The first-order valence-corrected chi connectivity index (χ1v) is 10.8. The molecule has 0 unspecified atom stereocenters. The highest BCUT2D eigenvalue weighted by Gasteiger charge is 2.21. The smallest absolute Gasteiger partial charge is 0.256 e. The van der Waals surface area contributed by atoms with Gasteiger partial charge in [-0.3, -0.25) is 9.48 Å². The van der Waals surface area contributed by atoms with E-state index in [9.17, 15) is 22.4 Å². The number of ether oxygens (including phenoxy) is 1. The van der Waals surface area contributed by atoms with Crippen LogP contribution in [0.5, 0.6) is 5.75 Å². The Bertz CT molecular complexity index is 1370. The highest BCUT2D eigenvalue weighted by molar-refractivity contribution is 6.33. The summed E-state index contributed by atoms with van der Waals surface area (Å²) < 4.78 is 60.5. The lowest BCUT2D eigenvalue weighted by molar-refractivity contribution is 0.102. The Hall–Kier alpha value is -3.56. The van der Waals surface area contributed by atoms with Gasteiger partial charge in [0.05, 0.1) is 6.54 Å². The summed E-state index contributed by atoms with van der Waals surface area (Å²) in [7, 11) is 0. The summed E-state index contributed by atoms with van der Waals surface area (Å²) in [5.74, 6) is -7.93. The number of nitrogens with zero attached hydrogens (tertiary/aromatic N) is 2. The molecule has 0 aliphatic heterocycles. The largest absolute Gasteiger partial charge is 0.483 e. The molecule has 0 bridgehead atoms. The molecule has 0 saturated carbocycles. The lowest BCUT2D eigenvalue weighted by atomic mass is 10.1. The van der Waals surface area contributed by atoms with Crippen LogP contribution in [-0.2, 0) is 13.2 Å². The normalized spacial score (nSPS) is 10.9. The summed E-state index contributed by atoms with van der Waals surface area (Å²) in [4.78, 5) is 12.6. The predicted octanol–water partition coefficient (Wildman–Crippen LogP) is 6.63. The van der Waals surface area contributed by atoms with Crippen molar-refractivity contribution in [1.29, 1.82) is 0 Å². The average molecular weight is 524 g/mol. The zero-order valence-electron chi connectivity index (χ0n) is 17.7. The molecule has 0 saturated heterocycles. The van der Waals surface area contributed by atoms with E-state index in [0.29, 0.717) is 17.1 Å². The summed E-state index contributed by atoms with van der Waals surface area (Å²) in [6.45, 7) is -0.0444. The molecule has 1 N–H and O–H groups in total. The highest BCUT2D eigenvalue weighted by atomic mass is 35.5. The van der Waals surface area contributed by atoms with E-state index in [4.69, 9.17) is 27.9 Å². The number of carbonyl (C=O) groups excluding carboxylic acids is 1. The van der Waals surface area contributed by atoms with E-state index in [1.807, 2.05) is 18.2 Å². The van der Waals surface area contributed by atoms with Gasteiger partial charge in [0.15, 0.2) is 23.2 Å². The summed E-state index contributed by atoms with van der Waals surface area (Å²) >= 11 is 12.4. The van der Waals surface area contributed by atoms with E-state index in [2.05, 4.69) is 10.4 Å². The van der Waals surface area contributed by atoms with Crippen LogP contribution in [0.15, 0.2) is 60.8 Å². The Morgan fingerprint density at radius 2 is 1.60 bits per heavy atom. The molecule has 3 aromatic carbocycles. The molecule has 0 aliphatic rings. The van der Waals surface area contributed by atoms with Gasteiger partial charge < -0.3 is 10.1 Å². The second-order valence-corrected chi connectivity index (χ2v) is 8.17. The second-order valence-electron chi connectivity index (χ2n) is 7.35. The number of benzene rings is 3. The maximum absolute atomic E-state index is 13.7. The quantitative estimate of drug-likeness (QED) is 0.218. The number of rotatable bonds is 7. The van der Waals surface area contributed by atoms with Crippen LogP contribution in [0, 0.1) is 23.3 Å². The van der Waals surface area contributed by atoms with Crippen LogP contribution in [0.4, 0.5) is 23.4 Å². The highest BCUT2D eigenvalue weighted by Crippen LogP contribution is 2.27. The molecule has 0 fully saturated rings. The van der Waals surface area contributed by atoms with Gasteiger partial charge in [0.25, 0.3) is 5.91 Å². The number of halogens is 6. The van der Waals surface area contributed by atoms with E-state index < -0.39 is 41.5 Å². The maximum Gasteiger partial charge on any atom is 0.256 e. The van der Waals surface area contributed by atoms with Gasteiger partial charge >= 0.3 is 0 Å². The summed E-state index contributed by atoms with van der Waals surface area (Å²) in [6, 6.07) is 13.1. The van der Waals surface area contributed by atoms with E-state index >= 15 is 0 Å². The molecule has 0 spiro atoms. The molecule has 0 radical (unpaired) electrons. The molecule has 0 atom stereocenters. The van der Waals surface area contributed by atoms with Crippen LogP contribution < -0.4 is 10.1 Å². The topological polar surface area (TPSA) is 56.2 Å². The fraction of sp³-hybridized carbons (Fsp3) is 0.0833. The van der Waals surface area contributed by atoms with Crippen molar-refractivity contribution in [2.24, 2.45) is 0 Å². The Morgan fingerprint density at radius 3 is 2.26 bits per heavy atom. The van der Waals surface area contributed by atoms with Crippen LogP contribution >= 0.6 is 23.2 Å². The van der Waals surface area contributed by atoms with Gasteiger partial charge in [-0.25, -0.2) is 8.78 Å². The van der Waals surface area contributed by atoms with Gasteiger partial charge in [-0.2, -0.15) is 13.9 Å². The number of hydrogen-bond donors (Lipinski definition) is 1. The zero-order valence-corrected chi connectivity index (χ0v) is 19.2. The van der Waals surface area contributed by atoms with Crippen molar-refractivity contribution in [3.05, 3.63) is 111 Å². The number of hydrogen-bond acceptors (Lipinski definition) is 3. The third kappa shape index (κ3) is 5.58. The molecule has 4 aromatic rings. The summed E-state index contributed by atoms with van der Waals surface area (Å²) in [5, 5.41) is 7.66. The van der Waals surface area contributed by atoms with Gasteiger partial charge in [-0.15, -0.1) is 0 Å². The molecule has 0 aliphatic carbocycles. The Morgan fingerprint density at radius 1 is 0.943 bits per heavy atom. The van der Waals surface area contributed by atoms with Crippen LogP contribution in [0.25, 0.3) is 0 Å². The first-order valence-electron chi connectivity index (χ1n) is 10.1. The van der Waals surface area contributed by atoms with E-state index in [1.165, 1.54) is 28.9 Å². The van der Waals surface area contributed by atoms with Crippen molar-refractivity contribution in [3.63, 3.8) is 0 Å². The lowest BCUT2D eigenvalue weighted by Gasteiger charge is -2.10. The Labute approximate surface area is 206 Å². The van der Waals surface area contributed by atoms with Crippen molar-refractivity contribution in [3.8, 4) is 5.75 Å². The number of carbonyl (C=O) groups is 1. The fourth-order valence-corrected chi connectivity index (χ4v) is 3.52. The molecule has 4 rings (SSSR count). The third-order valence-corrected chi connectivity index (χ3v) is 5.56. The molecule has 1 aromatic heterocycles. The number of anilines is 1. The number of nitrogens with one attached hydrogen (secondary N) is 1. The molecule has 11 heteroatoms. The van der Waals surface area contributed by atoms with Gasteiger partial charge in [0.2, 0.25) is 11.6 Å². The van der Waals surface area contributed by atoms with Gasteiger partial charge in [-0.1, -0.05) is 53.5 Å². The number of aromatic nitrogens is 2. The summed E-state index contributed by atoms with van der Waals surface area (Å²) in [5.41, 5.74) is 1.46. The third-order valence-electron chi connectivity index (χ3n) is 4.91. The van der Waals surface area contributed by atoms with Crippen molar-refractivity contribution in [2.75, 3.05) is 5.32 Å². The predicted molar refractivity (Wildman–Crippen MR) is 123 cm³/mol. The molecule has 35 heavy (non-hydrogen) atoms. The standard InChI is InChI=1S/C24H15Cl2F4N3O2/c25-16-4-2-1-3-15(16)10-33-11-17(26)23(32-33)31-24(34)14-7-5-13(6-8-14)12-35-22-20(29)18(27)9-19(28)21(22)30/h1-9,11H,10,12H2,(H,31,32,34). The van der Waals surface area contributed by atoms with E-state index in [1.54, 1.807) is 12.3 Å². The first kappa shape index (κ1) is 24.6. The maximum atomic E-state index is 13.7. The molecule has 1 heterocycles. The van der Waals surface area contributed by atoms with E-state index in [0.717, 1.165) is 5.56 Å². The van der Waals surface area contributed by atoms with Gasteiger partial charge in [0.1, 0.15) is 11.6 Å². The van der Waals surface area contributed by atoms with E-state index in [-0.39, 0.29) is 22.5 Å². The van der Waals surface area contributed by atoms with Crippen LogP contribution in [0.2, 0.25) is 10.0 Å². The van der Waals surface area contributed by atoms with Crippen LogP contribution in [0.1, 0.15) is 21.5 Å². The van der Waals surface area contributed by atoms with Crippen molar-refractivity contribution in [2.45, 2.75) is 13.2 Å². The average Bonchev–Trinajstić information content (AvgIpc) is 3.18. The van der Waals surface area contributed by atoms with Gasteiger partial charge in [0, 0.05) is 22.8 Å². The SMILES string of the molecule is O=C(Nc1nn(Cc2ccccc2Cl)cc1Cl)c1ccc(COc2c(F)c(F)cc(F)c2F)cc1. The zero-order chi connectivity index (χ0) is 25.1. The van der Waals surface area contributed by atoms with Crippen molar-refractivity contribution >= 4 is 34.9 Å². The van der Waals surface area contributed by atoms with Crippen LogP contribution in [0.3, 0.4) is 0 Å². The minimum Gasteiger partial charge on any atom is -0.483 e. The van der Waals surface area contributed by atoms with Crippen LogP contribution in [-0.4, -0.2) is 15.7 Å². The van der Waals surface area contributed by atoms with Gasteiger partial charge in [-0.05, 0) is 29.3 Å². The second kappa shape index (κ2) is 10.4. The lowest BCUT2D eigenvalue weighted by Crippen LogP contribution is -2.13. The molecular formula is C24H15Cl2F4N3O2. The summed E-state index contributed by atoms with van der Waals surface area (Å²) in [6.07, 6.45) is 1.55. The number of amides is 1. The minimum atomic E-state index is -1.63. The Kier molecular flexibility index (Phi) is 7.28. The molecule has 5 nitrogen and oxygen atoms in total.